The number of likely N-dealkylation sites (N-methyl/N-ethyl adjacent to an activating group) is 1. The van der Waals surface area contributed by atoms with E-state index in [0.717, 1.165) is 32.1 Å². The smallest absolute Gasteiger partial charge is 0.306 e. The Morgan fingerprint density at radius 1 is 0.525 bits per heavy atom. The first kappa shape index (κ1) is 57.6. The van der Waals surface area contributed by atoms with E-state index in [1.54, 1.807) is 6.26 Å². The van der Waals surface area contributed by atoms with Gasteiger partial charge < -0.3 is 27.9 Å². The van der Waals surface area contributed by atoms with E-state index in [1.807, 2.05) is 27.2 Å². The average Bonchev–Trinajstić information content (AvgIpc) is 3.19. The largest absolute Gasteiger partial charge is 0.756 e. The van der Waals surface area contributed by atoms with Crippen LogP contribution in [0, 0.1) is 0 Å². The molecule has 1 unspecified atom stereocenters. The van der Waals surface area contributed by atoms with Crippen LogP contribution < -0.4 is 4.89 Å². The van der Waals surface area contributed by atoms with E-state index in [0.29, 0.717) is 17.4 Å². The van der Waals surface area contributed by atoms with Gasteiger partial charge in [0.1, 0.15) is 19.8 Å². The molecule has 0 aromatic carbocycles. The van der Waals surface area contributed by atoms with Gasteiger partial charge in [-0.05, 0) is 57.4 Å². The van der Waals surface area contributed by atoms with Crippen LogP contribution in [0.1, 0.15) is 226 Å². The maximum absolute atomic E-state index is 12.7. The zero-order valence-electron chi connectivity index (χ0n) is 39.5. The second-order valence-electron chi connectivity index (χ2n) is 17.9. The number of phosphoric acid groups is 1. The maximum atomic E-state index is 12.7. The lowest BCUT2D eigenvalue weighted by Crippen LogP contribution is -2.37. The molecule has 0 aliphatic carbocycles. The molecule has 0 aliphatic heterocycles. The summed E-state index contributed by atoms with van der Waals surface area (Å²) in [6.45, 7) is 4.72. The van der Waals surface area contributed by atoms with Crippen molar-refractivity contribution in [3.63, 3.8) is 0 Å². The number of quaternary nitrogens is 1. The number of hydrogen-bond donors (Lipinski definition) is 0. The molecule has 0 N–H and O–H groups in total. The van der Waals surface area contributed by atoms with Crippen molar-refractivity contribution in [2.75, 3.05) is 47.5 Å². The molecule has 0 aliphatic rings. The summed E-state index contributed by atoms with van der Waals surface area (Å²) in [5.41, 5.74) is 0. The standard InChI is InChI=1S/C50H96NO7P/c1-6-8-10-12-14-16-18-20-22-23-24-25-26-27-28-29-30-31-33-35-37-39-41-43-50(52)58-49(48-57-59(53,54)56-46-44-51(3,4)5)47-55-45-42-40-38-36-34-32-21-19-17-15-13-11-9-7-2/h29-30,35,37,42,45,49H,6-28,31-34,36,38-41,43-44,46-48H2,1-5H3/b30-29+,37-35+,45-42+/t49-/m1/s1. The zero-order valence-corrected chi connectivity index (χ0v) is 40.4. The molecule has 0 rings (SSSR count). The highest BCUT2D eigenvalue weighted by Crippen LogP contribution is 2.38. The van der Waals surface area contributed by atoms with Crippen molar-refractivity contribution in [2.24, 2.45) is 0 Å². The molecule has 0 aromatic rings. The molecule has 0 radical (unpaired) electrons. The van der Waals surface area contributed by atoms with E-state index in [-0.39, 0.29) is 26.2 Å². The topological polar surface area (TPSA) is 94.1 Å². The van der Waals surface area contributed by atoms with Gasteiger partial charge in [0.15, 0.2) is 6.10 Å². The molecule has 348 valence electrons. The SMILES string of the molecule is CCCCCCCCCCCCCC/C=C/OC[C@H](COP(=O)([O-])OCC[N+](C)(C)C)OC(=O)CCC/C=C/CC/C=C/CCCCCCCCCCCCCCCC. The minimum Gasteiger partial charge on any atom is -0.756 e. The number of nitrogens with zero attached hydrogens (tertiary/aromatic N) is 1. The zero-order chi connectivity index (χ0) is 43.4. The van der Waals surface area contributed by atoms with Crippen molar-refractivity contribution in [3.05, 3.63) is 36.6 Å². The number of carbonyl (C=O) groups excluding carboxylic acids is 1. The van der Waals surface area contributed by atoms with Gasteiger partial charge in [-0.25, -0.2) is 0 Å². The normalized spacial score (nSPS) is 13.9. The van der Waals surface area contributed by atoms with Crippen molar-refractivity contribution in [3.8, 4) is 0 Å². The Bertz CT molecular complexity index is 1040. The third-order valence-electron chi connectivity index (χ3n) is 10.7. The van der Waals surface area contributed by atoms with Crippen molar-refractivity contribution in [1.29, 1.82) is 0 Å². The van der Waals surface area contributed by atoms with Gasteiger partial charge in [-0.15, -0.1) is 0 Å². The number of carbonyl (C=O) groups is 1. The number of rotatable bonds is 46. The highest BCUT2D eigenvalue weighted by Gasteiger charge is 2.20. The van der Waals surface area contributed by atoms with Gasteiger partial charge in [0.2, 0.25) is 0 Å². The molecule has 8 nitrogen and oxygen atoms in total. The van der Waals surface area contributed by atoms with Gasteiger partial charge in [-0.1, -0.05) is 192 Å². The highest BCUT2D eigenvalue weighted by atomic mass is 31.2. The van der Waals surface area contributed by atoms with Gasteiger partial charge in [0, 0.05) is 6.42 Å². The quantitative estimate of drug-likeness (QED) is 0.0150. The van der Waals surface area contributed by atoms with Crippen LogP contribution >= 0.6 is 7.82 Å². The third-order valence-corrected chi connectivity index (χ3v) is 11.7. The number of allylic oxidation sites excluding steroid dienone is 5. The predicted molar refractivity (Wildman–Crippen MR) is 249 cm³/mol. The molecule has 0 spiro atoms. The summed E-state index contributed by atoms with van der Waals surface area (Å²) in [5.74, 6) is -0.394. The van der Waals surface area contributed by atoms with Gasteiger partial charge >= 0.3 is 5.97 Å². The van der Waals surface area contributed by atoms with Crippen LogP contribution in [-0.4, -0.2) is 64.1 Å². The van der Waals surface area contributed by atoms with Crippen molar-refractivity contribution in [1.82, 2.24) is 0 Å². The summed E-state index contributed by atoms with van der Waals surface area (Å²) in [4.78, 5) is 25.1. The lowest BCUT2D eigenvalue weighted by atomic mass is 10.0. The van der Waals surface area contributed by atoms with E-state index < -0.39 is 19.9 Å². The number of esters is 1. The predicted octanol–water partition coefficient (Wildman–Crippen LogP) is 14.7. The number of ether oxygens (including phenoxy) is 2. The maximum Gasteiger partial charge on any atom is 0.306 e. The first-order valence-electron chi connectivity index (χ1n) is 24.8. The average molecular weight is 854 g/mol. The lowest BCUT2D eigenvalue weighted by molar-refractivity contribution is -0.870. The van der Waals surface area contributed by atoms with Crippen molar-refractivity contribution in [2.45, 2.75) is 232 Å². The molecule has 2 atom stereocenters. The van der Waals surface area contributed by atoms with E-state index in [9.17, 15) is 14.3 Å². The van der Waals surface area contributed by atoms with Gasteiger partial charge in [0.25, 0.3) is 7.82 Å². The Morgan fingerprint density at radius 2 is 0.915 bits per heavy atom. The van der Waals surface area contributed by atoms with E-state index >= 15 is 0 Å². The monoisotopic (exact) mass is 854 g/mol. The fourth-order valence-electron chi connectivity index (χ4n) is 6.89. The molecular formula is C50H96NO7P. The van der Waals surface area contributed by atoms with Crippen molar-refractivity contribution >= 4 is 13.8 Å². The fraction of sp³-hybridized carbons (Fsp3) is 0.860. The highest BCUT2D eigenvalue weighted by molar-refractivity contribution is 7.45. The Labute approximate surface area is 365 Å². The summed E-state index contributed by atoms with van der Waals surface area (Å²) in [7, 11) is 1.31. The summed E-state index contributed by atoms with van der Waals surface area (Å²) >= 11 is 0. The number of unbranched alkanes of at least 4 members (excludes halogenated alkanes) is 28. The van der Waals surface area contributed by atoms with Crippen LogP contribution in [0.2, 0.25) is 0 Å². The minimum atomic E-state index is -4.55. The van der Waals surface area contributed by atoms with E-state index in [1.165, 1.54) is 167 Å². The first-order chi connectivity index (χ1) is 28.6. The molecule has 59 heavy (non-hydrogen) atoms. The summed E-state index contributed by atoms with van der Waals surface area (Å²) in [5, 5.41) is 0. The van der Waals surface area contributed by atoms with Crippen LogP contribution in [0.5, 0.6) is 0 Å². The van der Waals surface area contributed by atoms with E-state index in [2.05, 4.69) is 38.2 Å². The Kier molecular flexibility index (Phi) is 42.2. The van der Waals surface area contributed by atoms with E-state index in [4.69, 9.17) is 18.5 Å². The number of hydrogen-bond acceptors (Lipinski definition) is 7. The molecule has 9 heteroatoms. The minimum absolute atomic E-state index is 0.00634. The molecular weight excluding hydrogens is 758 g/mol. The van der Waals surface area contributed by atoms with Gasteiger partial charge in [-0.3, -0.25) is 9.36 Å². The van der Waals surface area contributed by atoms with Crippen molar-refractivity contribution < 1.29 is 37.3 Å². The van der Waals surface area contributed by atoms with Crippen LogP contribution in [0.3, 0.4) is 0 Å². The Morgan fingerprint density at radius 3 is 1.36 bits per heavy atom. The summed E-state index contributed by atoms with van der Waals surface area (Å²) < 4.78 is 34.4. The number of phosphoric ester groups is 1. The fourth-order valence-corrected chi connectivity index (χ4v) is 7.61. The molecule has 0 bridgehead atoms. The summed E-state index contributed by atoms with van der Waals surface area (Å²) in [6, 6.07) is 0. The second kappa shape index (κ2) is 43.2. The van der Waals surface area contributed by atoms with Crippen LogP contribution in [0.4, 0.5) is 0 Å². The second-order valence-corrected chi connectivity index (χ2v) is 19.3. The molecule has 0 amide bonds. The van der Waals surface area contributed by atoms with Crippen LogP contribution in [-0.2, 0) is 27.9 Å². The summed E-state index contributed by atoms with van der Waals surface area (Å²) in [6.07, 6.45) is 52.8. The third kappa shape index (κ3) is 47.5. The molecule has 0 saturated heterocycles. The Hall–Kier alpha value is -1.44. The first-order valence-corrected chi connectivity index (χ1v) is 26.2. The lowest BCUT2D eigenvalue weighted by Gasteiger charge is -2.28. The molecule has 0 heterocycles. The Balaban J connectivity index is 4.22. The van der Waals surface area contributed by atoms with Gasteiger partial charge in [-0.2, -0.15) is 0 Å². The molecule has 0 saturated carbocycles. The van der Waals surface area contributed by atoms with Crippen LogP contribution in [0.25, 0.3) is 0 Å². The molecule has 0 aromatic heterocycles. The van der Waals surface area contributed by atoms with Crippen LogP contribution in [0.15, 0.2) is 36.6 Å². The molecule has 0 fully saturated rings. The van der Waals surface area contributed by atoms with Gasteiger partial charge in [0.05, 0.1) is 34.0 Å².